The van der Waals surface area contributed by atoms with E-state index >= 15 is 0 Å². The maximum absolute atomic E-state index is 8.93. The average Bonchev–Trinajstić information content (AvgIpc) is 2.33. The fourth-order valence-corrected chi connectivity index (χ4v) is 2.25. The van der Waals surface area contributed by atoms with Crippen molar-refractivity contribution in [3.8, 4) is 0 Å². The Morgan fingerprint density at radius 3 is 2.76 bits per heavy atom. The minimum atomic E-state index is 0.211. The van der Waals surface area contributed by atoms with Crippen LogP contribution in [0, 0.1) is 0 Å². The highest BCUT2D eigenvalue weighted by Crippen LogP contribution is 2.30. The molecule has 0 unspecified atom stereocenters. The van der Waals surface area contributed by atoms with Crippen LogP contribution in [0.15, 0.2) is 18.2 Å². The molecule has 0 aliphatic heterocycles. The molecule has 3 nitrogen and oxygen atoms in total. The van der Waals surface area contributed by atoms with Crippen LogP contribution >= 0.6 is 11.6 Å². The molecule has 4 heteroatoms. The molecule has 0 atom stereocenters. The van der Waals surface area contributed by atoms with Gasteiger partial charge in [-0.15, -0.1) is 0 Å². The largest absolute Gasteiger partial charge is 0.396 e. The molecule has 96 valence electrons. The van der Waals surface area contributed by atoms with Gasteiger partial charge in [0.1, 0.15) is 0 Å². The van der Waals surface area contributed by atoms with E-state index in [-0.39, 0.29) is 6.61 Å². The Morgan fingerprint density at radius 2 is 2.18 bits per heavy atom. The zero-order valence-electron chi connectivity index (χ0n) is 10.5. The molecule has 2 N–H and O–H groups in total. The number of benzene rings is 1. The van der Waals surface area contributed by atoms with E-state index < -0.39 is 0 Å². The van der Waals surface area contributed by atoms with E-state index in [0.29, 0.717) is 0 Å². The Hall–Kier alpha value is -0.770. The zero-order valence-corrected chi connectivity index (χ0v) is 11.3. The van der Waals surface area contributed by atoms with Crippen LogP contribution in [0.25, 0.3) is 0 Å². The topological polar surface area (TPSA) is 35.5 Å². The highest BCUT2D eigenvalue weighted by Gasteiger charge is 2.12. The summed E-state index contributed by atoms with van der Waals surface area (Å²) in [5.74, 6) is 0. The Labute approximate surface area is 108 Å². The summed E-state index contributed by atoms with van der Waals surface area (Å²) in [5, 5.41) is 12.9. The van der Waals surface area contributed by atoms with E-state index in [1.807, 2.05) is 19.2 Å². The molecule has 1 aromatic rings. The first-order valence-electron chi connectivity index (χ1n) is 6.02. The molecule has 0 radical (unpaired) electrons. The summed E-state index contributed by atoms with van der Waals surface area (Å²) in [5.41, 5.74) is 2.28. The normalized spacial score (nSPS) is 10.6. The first-order chi connectivity index (χ1) is 8.24. The summed E-state index contributed by atoms with van der Waals surface area (Å²) in [7, 11) is 1.93. The van der Waals surface area contributed by atoms with E-state index in [2.05, 4.69) is 23.2 Å². The maximum Gasteiger partial charge on any atom is 0.0642 e. The number of hydrogen-bond acceptors (Lipinski definition) is 3. The van der Waals surface area contributed by atoms with Gasteiger partial charge in [-0.25, -0.2) is 0 Å². The van der Waals surface area contributed by atoms with Gasteiger partial charge in [0.25, 0.3) is 0 Å². The van der Waals surface area contributed by atoms with Crippen LogP contribution < -0.4 is 10.2 Å². The fourth-order valence-electron chi connectivity index (χ4n) is 1.94. The molecule has 0 fully saturated rings. The van der Waals surface area contributed by atoms with Crippen molar-refractivity contribution in [2.75, 3.05) is 31.6 Å². The fraction of sp³-hybridized carbons (Fsp3) is 0.538. The molecule has 1 aromatic carbocycles. The van der Waals surface area contributed by atoms with Gasteiger partial charge in [-0.3, -0.25) is 0 Å². The summed E-state index contributed by atoms with van der Waals surface area (Å²) in [6.45, 7) is 4.82. The van der Waals surface area contributed by atoms with E-state index in [1.54, 1.807) is 0 Å². The lowest BCUT2D eigenvalue weighted by atomic mass is 10.1. The molecule has 0 spiro atoms. The van der Waals surface area contributed by atoms with Gasteiger partial charge >= 0.3 is 0 Å². The van der Waals surface area contributed by atoms with E-state index in [4.69, 9.17) is 16.7 Å². The smallest absolute Gasteiger partial charge is 0.0642 e. The molecule has 0 aliphatic carbocycles. The van der Waals surface area contributed by atoms with Crippen molar-refractivity contribution in [3.63, 3.8) is 0 Å². The number of aliphatic hydroxyl groups excluding tert-OH is 1. The quantitative estimate of drug-likeness (QED) is 0.786. The van der Waals surface area contributed by atoms with Crippen LogP contribution in [0.4, 0.5) is 5.69 Å². The van der Waals surface area contributed by atoms with Crippen LogP contribution in [0.2, 0.25) is 5.02 Å². The highest BCUT2D eigenvalue weighted by atomic mass is 35.5. The standard InChI is InChI=1S/C13H21ClN2O/c1-3-16(8-5-9-17)13-11(10-15-2)6-4-7-12(13)14/h4,6-7,15,17H,3,5,8-10H2,1-2H3. The molecule has 0 heterocycles. The Morgan fingerprint density at radius 1 is 1.41 bits per heavy atom. The van der Waals surface area contributed by atoms with Gasteiger partial charge in [-0.2, -0.15) is 0 Å². The van der Waals surface area contributed by atoms with Gasteiger partial charge in [0.05, 0.1) is 10.7 Å². The molecule has 1 rings (SSSR count). The third-order valence-corrected chi connectivity index (χ3v) is 3.03. The summed E-state index contributed by atoms with van der Waals surface area (Å²) in [6.07, 6.45) is 0.762. The van der Waals surface area contributed by atoms with Gasteiger partial charge in [0.2, 0.25) is 0 Å². The summed E-state index contributed by atoms with van der Waals surface area (Å²) in [6, 6.07) is 5.97. The monoisotopic (exact) mass is 256 g/mol. The van der Waals surface area contributed by atoms with Crippen molar-refractivity contribution >= 4 is 17.3 Å². The maximum atomic E-state index is 8.93. The van der Waals surface area contributed by atoms with Crippen molar-refractivity contribution in [2.24, 2.45) is 0 Å². The molecular formula is C13H21ClN2O. The Balaban J connectivity index is 2.98. The lowest BCUT2D eigenvalue weighted by molar-refractivity contribution is 0.289. The minimum Gasteiger partial charge on any atom is -0.396 e. The second-order valence-corrected chi connectivity index (χ2v) is 4.34. The van der Waals surface area contributed by atoms with Crippen molar-refractivity contribution in [2.45, 2.75) is 19.9 Å². The molecule has 0 aliphatic rings. The third kappa shape index (κ3) is 3.87. The second-order valence-electron chi connectivity index (χ2n) is 3.93. The molecule has 0 saturated heterocycles. The van der Waals surface area contributed by atoms with Crippen LogP contribution in [0.1, 0.15) is 18.9 Å². The number of halogens is 1. The first-order valence-corrected chi connectivity index (χ1v) is 6.40. The molecule has 0 amide bonds. The van der Waals surface area contributed by atoms with Gasteiger partial charge in [-0.05, 0) is 32.0 Å². The third-order valence-electron chi connectivity index (χ3n) is 2.72. The van der Waals surface area contributed by atoms with Crippen molar-refractivity contribution in [1.29, 1.82) is 0 Å². The number of rotatable bonds is 7. The summed E-state index contributed by atoms with van der Waals surface area (Å²) in [4.78, 5) is 2.21. The summed E-state index contributed by atoms with van der Waals surface area (Å²) >= 11 is 6.29. The number of hydrogen-bond donors (Lipinski definition) is 2. The SMILES string of the molecule is CCN(CCCO)c1c(Cl)cccc1CNC. The summed E-state index contributed by atoms with van der Waals surface area (Å²) < 4.78 is 0. The first kappa shape index (κ1) is 14.3. The number of para-hydroxylation sites is 1. The van der Waals surface area contributed by atoms with Gasteiger partial charge < -0.3 is 15.3 Å². The number of aliphatic hydroxyl groups is 1. The van der Waals surface area contributed by atoms with Crippen molar-refractivity contribution < 1.29 is 5.11 Å². The Bertz CT molecular complexity index is 344. The molecule has 0 aromatic heterocycles. The van der Waals surface area contributed by atoms with Gasteiger partial charge in [0.15, 0.2) is 0 Å². The van der Waals surface area contributed by atoms with Gasteiger partial charge in [-0.1, -0.05) is 23.7 Å². The minimum absolute atomic E-state index is 0.211. The lowest BCUT2D eigenvalue weighted by Gasteiger charge is -2.26. The van der Waals surface area contributed by atoms with Crippen LogP contribution in [-0.4, -0.2) is 31.9 Å². The van der Waals surface area contributed by atoms with Crippen LogP contribution in [0.3, 0.4) is 0 Å². The van der Waals surface area contributed by atoms with Gasteiger partial charge in [0, 0.05) is 26.2 Å². The lowest BCUT2D eigenvalue weighted by Crippen LogP contribution is -2.26. The number of nitrogens with one attached hydrogen (secondary N) is 1. The second kappa shape index (κ2) is 7.54. The van der Waals surface area contributed by atoms with Crippen molar-refractivity contribution in [3.05, 3.63) is 28.8 Å². The number of anilines is 1. The predicted molar refractivity (Wildman–Crippen MR) is 73.8 cm³/mol. The molecule has 17 heavy (non-hydrogen) atoms. The highest BCUT2D eigenvalue weighted by molar-refractivity contribution is 6.33. The van der Waals surface area contributed by atoms with E-state index in [0.717, 1.165) is 36.8 Å². The van der Waals surface area contributed by atoms with Crippen LogP contribution in [-0.2, 0) is 6.54 Å². The number of nitrogens with zero attached hydrogens (tertiary/aromatic N) is 1. The predicted octanol–water partition coefficient (Wildman–Crippen LogP) is 2.27. The molecule has 0 saturated carbocycles. The van der Waals surface area contributed by atoms with E-state index in [1.165, 1.54) is 5.56 Å². The molecule has 0 bridgehead atoms. The van der Waals surface area contributed by atoms with Crippen LogP contribution in [0.5, 0.6) is 0 Å². The Kier molecular flexibility index (Phi) is 6.34. The molecular weight excluding hydrogens is 236 g/mol. The van der Waals surface area contributed by atoms with Crippen molar-refractivity contribution in [1.82, 2.24) is 5.32 Å². The average molecular weight is 257 g/mol. The van der Waals surface area contributed by atoms with E-state index in [9.17, 15) is 0 Å². The zero-order chi connectivity index (χ0) is 12.7.